The summed E-state index contributed by atoms with van der Waals surface area (Å²) in [5.41, 5.74) is 1.66. The van der Waals surface area contributed by atoms with Crippen molar-refractivity contribution >= 4 is 15.9 Å². The molecule has 0 radical (unpaired) electrons. The summed E-state index contributed by atoms with van der Waals surface area (Å²) in [6, 6.07) is 6.22. The number of nitrogens with zero attached hydrogens (tertiary/aromatic N) is 1. The molecule has 0 aliphatic carbocycles. The molecule has 2 rings (SSSR count). The number of carbonyl (C=O) groups is 1. The van der Waals surface area contributed by atoms with Crippen molar-refractivity contribution in [2.24, 2.45) is 0 Å². The number of likely N-dealkylation sites (tertiary alicyclic amines) is 1. The SMILES string of the molecule is COCCNS(=O)(=O)c1cccc(C(=O)NC2CCN(CC=C(C)C)CC2)c1. The summed E-state index contributed by atoms with van der Waals surface area (Å²) in [5.74, 6) is -0.239. The van der Waals surface area contributed by atoms with Crippen LogP contribution in [0, 0.1) is 0 Å². The van der Waals surface area contributed by atoms with Crippen molar-refractivity contribution in [2.45, 2.75) is 37.6 Å². The van der Waals surface area contributed by atoms with Crippen molar-refractivity contribution in [3.63, 3.8) is 0 Å². The van der Waals surface area contributed by atoms with E-state index in [0.29, 0.717) is 5.56 Å². The number of methoxy groups -OCH3 is 1. The number of amides is 1. The molecule has 7 nitrogen and oxygen atoms in total. The molecule has 0 unspecified atom stereocenters. The third-order valence-corrected chi connectivity index (χ3v) is 6.14. The molecule has 1 aromatic rings. The van der Waals surface area contributed by atoms with Gasteiger partial charge < -0.3 is 10.1 Å². The fourth-order valence-corrected chi connectivity index (χ4v) is 4.06. The molecule has 0 spiro atoms. The van der Waals surface area contributed by atoms with E-state index in [4.69, 9.17) is 4.74 Å². The van der Waals surface area contributed by atoms with Crippen LogP contribution < -0.4 is 10.0 Å². The molecular weight excluding hydrogens is 378 g/mol. The minimum absolute atomic E-state index is 0.0767. The number of carbonyl (C=O) groups excluding carboxylic acids is 1. The largest absolute Gasteiger partial charge is 0.383 e. The maximum atomic E-state index is 12.6. The first kappa shape index (κ1) is 22.5. The van der Waals surface area contributed by atoms with Gasteiger partial charge in [-0.05, 0) is 44.9 Å². The van der Waals surface area contributed by atoms with E-state index in [1.165, 1.54) is 24.8 Å². The number of ether oxygens (including phenoxy) is 1. The Morgan fingerprint density at radius 1 is 1.29 bits per heavy atom. The lowest BCUT2D eigenvalue weighted by Gasteiger charge is -2.31. The van der Waals surface area contributed by atoms with E-state index in [1.54, 1.807) is 12.1 Å². The van der Waals surface area contributed by atoms with Crippen molar-refractivity contribution in [1.82, 2.24) is 14.9 Å². The molecule has 0 aromatic heterocycles. The predicted molar refractivity (Wildman–Crippen MR) is 110 cm³/mol. The van der Waals surface area contributed by atoms with E-state index < -0.39 is 10.0 Å². The minimum atomic E-state index is -3.66. The van der Waals surface area contributed by atoms with Gasteiger partial charge in [-0.1, -0.05) is 17.7 Å². The lowest BCUT2D eigenvalue weighted by atomic mass is 10.0. The van der Waals surface area contributed by atoms with Crippen LogP contribution in [0.4, 0.5) is 0 Å². The Hall–Kier alpha value is -1.74. The molecule has 28 heavy (non-hydrogen) atoms. The summed E-state index contributed by atoms with van der Waals surface area (Å²) in [7, 11) is -2.16. The first-order valence-corrected chi connectivity index (χ1v) is 11.1. The van der Waals surface area contributed by atoms with Gasteiger partial charge in [0, 0.05) is 44.9 Å². The van der Waals surface area contributed by atoms with Gasteiger partial charge in [0.25, 0.3) is 5.91 Å². The number of hydrogen-bond donors (Lipinski definition) is 2. The zero-order chi connectivity index (χ0) is 20.6. The third-order valence-electron chi connectivity index (χ3n) is 4.69. The van der Waals surface area contributed by atoms with Gasteiger partial charge in [0.05, 0.1) is 11.5 Å². The number of nitrogens with one attached hydrogen (secondary N) is 2. The van der Waals surface area contributed by atoms with Gasteiger partial charge >= 0.3 is 0 Å². The summed E-state index contributed by atoms with van der Waals surface area (Å²) in [5, 5.41) is 3.04. The van der Waals surface area contributed by atoms with Crippen molar-refractivity contribution in [3.8, 4) is 0 Å². The zero-order valence-electron chi connectivity index (χ0n) is 16.9. The topological polar surface area (TPSA) is 87.7 Å². The van der Waals surface area contributed by atoms with Gasteiger partial charge in [-0.2, -0.15) is 0 Å². The molecule has 1 aliphatic heterocycles. The summed E-state index contributed by atoms with van der Waals surface area (Å²) >= 11 is 0. The average molecular weight is 410 g/mol. The number of rotatable bonds is 9. The fourth-order valence-electron chi connectivity index (χ4n) is 3.01. The van der Waals surface area contributed by atoms with E-state index >= 15 is 0 Å². The molecule has 1 aliphatic rings. The van der Waals surface area contributed by atoms with Crippen LogP contribution >= 0.6 is 0 Å². The Bertz CT molecular complexity index is 780. The second-order valence-electron chi connectivity index (χ2n) is 7.25. The Morgan fingerprint density at radius 3 is 2.64 bits per heavy atom. The summed E-state index contributed by atoms with van der Waals surface area (Å²) < 4.78 is 31.9. The van der Waals surface area contributed by atoms with Crippen LogP contribution in [-0.2, 0) is 14.8 Å². The zero-order valence-corrected chi connectivity index (χ0v) is 17.7. The van der Waals surface area contributed by atoms with Gasteiger partial charge in [0.1, 0.15) is 0 Å². The Labute approximate surface area is 168 Å². The molecule has 8 heteroatoms. The number of sulfonamides is 1. The molecule has 1 fully saturated rings. The van der Waals surface area contributed by atoms with Crippen molar-refractivity contribution in [3.05, 3.63) is 41.5 Å². The average Bonchev–Trinajstić information content (AvgIpc) is 2.67. The van der Waals surface area contributed by atoms with E-state index in [0.717, 1.165) is 32.5 Å². The van der Waals surface area contributed by atoms with Gasteiger partial charge in [-0.25, -0.2) is 13.1 Å². The van der Waals surface area contributed by atoms with Crippen LogP contribution in [0.5, 0.6) is 0 Å². The van der Waals surface area contributed by atoms with E-state index in [9.17, 15) is 13.2 Å². The maximum Gasteiger partial charge on any atom is 0.251 e. The summed E-state index contributed by atoms with van der Waals surface area (Å²) in [6.07, 6.45) is 3.99. The van der Waals surface area contributed by atoms with E-state index in [1.807, 2.05) is 0 Å². The molecule has 1 aromatic carbocycles. The van der Waals surface area contributed by atoms with Gasteiger partial charge in [-0.15, -0.1) is 0 Å². The maximum absolute atomic E-state index is 12.6. The van der Waals surface area contributed by atoms with E-state index in [-0.39, 0.29) is 30.0 Å². The fraction of sp³-hybridized carbons (Fsp3) is 0.550. The van der Waals surface area contributed by atoms with Crippen molar-refractivity contribution in [1.29, 1.82) is 0 Å². The number of benzene rings is 1. The first-order chi connectivity index (χ1) is 13.3. The minimum Gasteiger partial charge on any atom is -0.383 e. The van der Waals surface area contributed by atoms with Crippen LogP contribution in [-0.4, -0.2) is 65.2 Å². The highest BCUT2D eigenvalue weighted by Crippen LogP contribution is 2.14. The second-order valence-corrected chi connectivity index (χ2v) is 9.02. The molecule has 156 valence electrons. The van der Waals surface area contributed by atoms with Crippen LogP contribution in [0.1, 0.15) is 37.0 Å². The molecule has 2 N–H and O–H groups in total. The molecule has 0 saturated carbocycles. The molecular formula is C20H31N3O4S. The van der Waals surface area contributed by atoms with Gasteiger partial charge in [0.2, 0.25) is 10.0 Å². The number of allylic oxidation sites excluding steroid dienone is 1. The Balaban J connectivity index is 1.92. The summed E-state index contributed by atoms with van der Waals surface area (Å²) in [6.45, 7) is 7.47. The third kappa shape index (κ3) is 7.01. The molecule has 1 heterocycles. The highest BCUT2D eigenvalue weighted by Gasteiger charge is 2.21. The standard InChI is InChI=1S/C20H31N3O4S/c1-16(2)7-11-23-12-8-18(9-13-23)22-20(24)17-5-4-6-19(15-17)28(25,26)21-10-14-27-3/h4-7,15,18,21H,8-14H2,1-3H3,(H,22,24). The van der Waals surface area contributed by atoms with Crippen LogP contribution in [0.3, 0.4) is 0 Å². The van der Waals surface area contributed by atoms with Crippen molar-refractivity contribution < 1.29 is 17.9 Å². The normalized spacial score (nSPS) is 16.0. The molecule has 1 saturated heterocycles. The smallest absolute Gasteiger partial charge is 0.251 e. The first-order valence-electron chi connectivity index (χ1n) is 9.57. The lowest BCUT2D eigenvalue weighted by molar-refractivity contribution is 0.0914. The highest BCUT2D eigenvalue weighted by molar-refractivity contribution is 7.89. The number of hydrogen-bond acceptors (Lipinski definition) is 5. The Morgan fingerprint density at radius 2 is 2.00 bits per heavy atom. The molecule has 0 atom stereocenters. The van der Waals surface area contributed by atoms with E-state index in [2.05, 4.69) is 34.9 Å². The van der Waals surface area contributed by atoms with Crippen LogP contribution in [0.25, 0.3) is 0 Å². The molecule has 1 amide bonds. The predicted octanol–water partition coefficient (Wildman–Crippen LogP) is 1.77. The highest BCUT2D eigenvalue weighted by atomic mass is 32.2. The van der Waals surface area contributed by atoms with Crippen LogP contribution in [0.2, 0.25) is 0 Å². The lowest BCUT2D eigenvalue weighted by Crippen LogP contribution is -2.44. The van der Waals surface area contributed by atoms with Gasteiger partial charge in [0.15, 0.2) is 0 Å². The monoisotopic (exact) mass is 409 g/mol. The Kier molecular flexibility index (Phi) is 8.62. The van der Waals surface area contributed by atoms with Crippen molar-refractivity contribution in [2.75, 3.05) is 39.9 Å². The second kappa shape index (κ2) is 10.7. The quantitative estimate of drug-likeness (QED) is 0.479. The number of piperidine rings is 1. The summed E-state index contributed by atoms with van der Waals surface area (Å²) in [4.78, 5) is 15.0. The van der Waals surface area contributed by atoms with Gasteiger partial charge in [-0.3, -0.25) is 9.69 Å². The molecule has 0 bridgehead atoms. The van der Waals surface area contributed by atoms with Crippen LogP contribution in [0.15, 0.2) is 40.8 Å².